The van der Waals surface area contributed by atoms with E-state index in [1.54, 1.807) is 37.3 Å². The zero-order valence-corrected chi connectivity index (χ0v) is 15.7. The molecule has 0 aliphatic rings. The maximum atomic E-state index is 12.4. The van der Waals surface area contributed by atoms with Gasteiger partial charge in [0.2, 0.25) is 11.8 Å². The zero-order valence-electron chi connectivity index (χ0n) is 14.0. The van der Waals surface area contributed by atoms with E-state index in [0.717, 1.165) is 0 Å². The first kappa shape index (κ1) is 18.2. The van der Waals surface area contributed by atoms with Gasteiger partial charge in [-0.25, -0.2) is 4.98 Å². The van der Waals surface area contributed by atoms with Crippen molar-refractivity contribution in [2.24, 2.45) is 0 Å². The lowest BCUT2D eigenvalue weighted by Gasteiger charge is -2.12. The van der Waals surface area contributed by atoms with Crippen molar-refractivity contribution in [3.63, 3.8) is 0 Å². The molecule has 0 saturated carbocycles. The van der Waals surface area contributed by atoms with E-state index < -0.39 is 5.25 Å². The third kappa shape index (κ3) is 4.30. The molecule has 0 unspecified atom stereocenters. The Hall–Kier alpha value is -2.65. The number of hydrogen-bond acceptors (Lipinski definition) is 6. The Morgan fingerprint density at radius 1 is 1.15 bits per heavy atom. The van der Waals surface area contributed by atoms with Gasteiger partial charge in [0, 0.05) is 18.3 Å². The fourth-order valence-corrected chi connectivity index (χ4v) is 3.83. The molecule has 2 amide bonds. The van der Waals surface area contributed by atoms with Crippen LogP contribution in [0.3, 0.4) is 0 Å². The summed E-state index contributed by atoms with van der Waals surface area (Å²) in [6, 6.07) is 8.55. The molecule has 0 saturated heterocycles. The van der Waals surface area contributed by atoms with Crippen molar-refractivity contribution in [3.05, 3.63) is 46.1 Å². The van der Waals surface area contributed by atoms with Crippen LogP contribution in [0, 0.1) is 0 Å². The van der Waals surface area contributed by atoms with Gasteiger partial charge in [-0.15, -0.1) is 11.3 Å². The number of carbonyl (C=O) groups excluding carboxylic acids is 2. The standard InChI is InChI=1S/C17H16N4O3S2/c1-9(26-17-20-15(24)13-7-8-25-16(13)21-17)14(23)19-12-5-3-11(4-6-12)18-10(2)22/h3-9H,1-2H3,(H,18,22)(H,19,23)(H,20,21,24)/t9-/m0/s1. The van der Waals surface area contributed by atoms with Crippen LogP contribution in [0.25, 0.3) is 10.2 Å². The second kappa shape index (κ2) is 7.71. The first-order valence-electron chi connectivity index (χ1n) is 7.75. The number of fused-ring (bicyclic) bond motifs is 1. The Labute approximate surface area is 157 Å². The number of anilines is 2. The smallest absolute Gasteiger partial charge is 0.260 e. The lowest BCUT2D eigenvalue weighted by molar-refractivity contribution is -0.115. The number of amides is 2. The highest BCUT2D eigenvalue weighted by Gasteiger charge is 2.17. The molecule has 7 nitrogen and oxygen atoms in total. The van der Waals surface area contributed by atoms with Crippen molar-refractivity contribution in [1.82, 2.24) is 9.97 Å². The Morgan fingerprint density at radius 2 is 1.81 bits per heavy atom. The Bertz CT molecular complexity index is 1010. The number of carbonyl (C=O) groups is 2. The fraction of sp³-hybridized carbons (Fsp3) is 0.176. The highest BCUT2D eigenvalue weighted by atomic mass is 32.2. The first-order valence-corrected chi connectivity index (χ1v) is 9.51. The number of aromatic amines is 1. The monoisotopic (exact) mass is 388 g/mol. The van der Waals surface area contributed by atoms with E-state index in [2.05, 4.69) is 20.6 Å². The molecular formula is C17H16N4O3S2. The fourth-order valence-electron chi connectivity index (χ4n) is 2.21. The molecule has 2 aromatic heterocycles. The van der Waals surface area contributed by atoms with Crippen molar-refractivity contribution < 1.29 is 9.59 Å². The average Bonchev–Trinajstić information content (AvgIpc) is 3.05. The van der Waals surface area contributed by atoms with E-state index >= 15 is 0 Å². The van der Waals surface area contributed by atoms with E-state index in [1.807, 2.05) is 5.38 Å². The van der Waals surface area contributed by atoms with Crippen LogP contribution in [0.2, 0.25) is 0 Å². The number of benzene rings is 1. The minimum Gasteiger partial charge on any atom is -0.326 e. The molecule has 0 spiro atoms. The van der Waals surface area contributed by atoms with Gasteiger partial charge in [0.1, 0.15) is 4.83 Å². The number of nitrogens with zero attached hydrogens (tertiary/aromatic N) is 1. The van der Waals surface area contributed by atoms with Crippen LogP contribution >= 0.6 is 23.1 Å². The molecule has 3 N–H and O–H groups in total. The van der Waals surface area contributed by atoms with Gasteiger partial charge in [-0.3, -0.25) is 14.4 Å². The normalized spacial score (nSPS) is 11.9. The summed E-state index contributed by atoms with van der Waals surface area (Å²) in [4.78, 5) is 43.1. The first-order chi connectivity index (χ1) is 12.4. The van der Waals surface area contributed by atoms with E-state index in [1.165, 1.54) is 30.0 Å². The third-order valence-electron chi connectivity index (χ3n) is 3.44. The number of aromatic nitrogens is 2. The molecule has 0 aliphatic carbocycles. The third-order valence-corrected chi connectivity index (χ3v) is 5.23. The molecule has 9 heteroatoms. The highest BCUT2D eigenvalue weighted by molar-refractivity contribution is 8.00. The number of H-pyrrole nitrogens is 1. The van der Waals surface area contributed by atoms with E-state index in [9.17, 15) is 14.4 Å². The van der Waals surface area contributed by atoms with Gasteiger partial charge < -0.3 is 15.6 Å². The minimum atomic E-state index is -0.453. The summed E-state index contributed by atoms with van der Waals surface area (Å²) < 4.78 is 0. The Balaban J connectivity index is 1.65. The van der Waals surface area contributed by atoms with Crippen molar-refractivity contribution in [2.75, 3.05) is 10.6 Å². The Morgan fingerprint density at radius 3 is 2.46 bits per heavy atom. The molecular weight excluding hydrogens is 372 g/mol. The number of hydrogen-bond donors (Lipinski definition) is 3. The van der Waals surface area contributed by atoms with Gasteiger partial charge in [-0.1, -0.05) is 11.8 Å². The predicted octanol–water partition coefficient (Wildman–Crippen LogP) is 3.06. The van der Waals surface area contributed by atoms with Crippen molar-refractivity contribution in [1.29, 1.82) is 0 Å². The number of nitrogens with one attached hydrogen (secondary N) is 3. The molecule has 0 aliphatic heterocycles. The molecule has 1 atom stereocenters. The van der Waals surface area contributed by atoms with Crippen LogP contribution in [0.4, 0.5) is 11.4 Å². The van der Waals surface area contributed by atoms with Gasteiger partial charge in [-0.05, 0) is 42.6 Å². The average molecular weight is 388 g/mol. The topological polar surface area (TPSA) is 104 Å². The molecule has 0 bridgehead atoms. The van der Waals surface area contributed by atoms with E-state index in [-0.39, 0.29) is 17.4 Å². The second-order valence-electron chi connectivity index (χ2n) is 5.52. The summed E-state index contributed by atoms with van der Waals surface area (Å²) in [7, 11) is 0. The van der Waals surface area contributed by atoms with Gasteiger partial charge in [0.25, 0.3) is 5.56 Å². The van der Waals surface area contributed by atoms with Crippen molar-refractivity contribution in [2.45, 2.75) is 24.3 Å². The van der Waals surface area contributed by atoms with Gasteiger partial charge >= 0.3 is 0 Å². The zero-order chi connectivity index (χ0) is 18.7. The quantitative estimate of drug-likeness (QED) is 0.460. The summed E-state index contributed by atoms with van der Waals surface area (Å²) in [6.45, 7) is 3.17. The molecule has 3 rings (SSSR count). The lowest BCUT2D eigenvalue weighted by atomic mass is 10.2. The SMILES string of the molecule is CC(=O)Nc1ccc(NC(=O)[C@H](C)Sc2nc3sccc3c(=O)[nH]2)cc1. The Kier molecular flexibility index (Phi) is 5.38. The summed E-state index contributed by atoms with van der Waals surface area (Å²) in [5.74, 6) is -0.368. The maximum absolute atomic E-state index is 12.4. The van der Waals surface area contributed by atoms with Crippen LogP contribution < -0.4 is 16.2 Å². The predicted molar refractivity (Wildman–Crippen MR) is 105 cm³/mol. The summed E-state index contributed by atoms with van der Waals surface area (Å²) >= 11 is 2.57. The number of rotatable bonds is 5. The molecule has 0 fully saturated rings. The van der Waals surface area contributed by atoms with Crippen LogP contribution in [0.5, 0.6) is 0 Å². The van der Waals surface area contributed by atoms with Crippen molar-refractivity contribution >= 4 is 56.5 Å². The van der Waals surface area contributed by atoms with Gasteiger partial charge in [0.05, 0.1) is 10.6 Å². The van der Waals surface area contributed by atoms with Crippen LogP contribution in [-0.2, 0) is 9.59 Å². The van der Waals surface area contributed by atoms with E-state index in [0.29, 0.717) is 26.7 Å². The largest absolute Gasteiger partial charge is 0.326 e. The molecule has 134 valence electrons. The van der Waals surface area contributed by atoms with Crippen LogP contribution in [-0.4, -0.2) is 27.0 Å². The number of thiophene rings is 1. The molecule has 0 radical (unpaired) electrons. The minimum absolute atomic E-state index is 0.156. The molecule has 1 aromatic carbocycles. The summed E-state index contributed by atoms with van der Waals surface area (Å²) in [5, 5.41) is 7.78. The maximum Gasteiger partial charge on any atom is 0.260 e. The van der Waals surface area contributed by atoms with E-state index in [4.69, 9.17) is 0 Å². The highest BCUT2D eigenvalue weighted by Crippen LogP contribution is 2.23. The summed E-state index contributed by atoms with van der Waals surface area (Å²) in [6.07, 6.45) is 0. The van der Waals surface area contributed by atoms with Crippen molar-refractivity contribution in [3.8, 4) is 0 Å². The van der Waals surface area contributed by atoms with Crippen LogP contribution in [0.15, 0.2) is 45.7 Å². The lowest BCUT2D eigenvalue weighted by Crippen LogP contribution is -2.23. The molecule has 3 aromatic rings. The van der Waals surface area contributed by atoms with Gasteiger partial charge in [0.15, 0.2) is 5.16 Å². The van der Waals surface area contributed by atoms with Crippen LogP contribution in [0.1, 0.15) is 13.8 Å². The number of thioether (sulfide) groups is 1. The second-order valence-corrected chi connectivity index (χ2v) is 7.74. The molecule has 2 heterocycles. The summed E-state index contributed by atoms with van der Waals surface area (Å²) in [5.41, 5.74) is 1.07. The van der Waals surface area contributed by atoms with Gasteiger partial charge in [-0.2, -0.15) is 0 Å². The molecule has 26 heavy (non-hydrogen) atoms.